The van der Waals surface area contributed by atoms with Crippen LogP contribution in [0.2, 0.25) is 0 Å². The number of rotatable bonds is 3. The fourth-order valence-electron chi connectivity index (χ4n) is 0.646. The van der Waals surface area contributed by atoms with Gasteiger partial charge in [0.1, 0.15) is 5.75 Å². The minimum absolute atomic E-state index is 0.397. The number of benzene rings is 1. The monoisotopic (exact) mass is 163 g/mol. The second kappa shape index (κ2) is 4.44. The summed E-state index contributed by atoms with van der Waals surface area (Å²) in [6.45, 7) is 1.31. The van der Waals surface area contributed by atoms with Crippen molar-refractivity contribution < 1.29 is 14.1 Å². The topological polar surface area (TPSA) is 35.5 Å². The summed E-state index contributed by atoms with van der Waals surface area (Å²) >= 11 is 0. The lowest BCUT2D eigenvalue weighted by Crippen LogP contribution is -2.10. The molecule has 61 valence electrons. The summed E-state index contributed by atoms with van der Waals surface area (Å²) < 4.78 is 9.41. The molecule has 3 nitrogen and oxygen atoms in total. The van der Waals surface area contributed by atoms with E-state index < -0.39 is 5.97 Å². The van der Waals surface area contributed by atoms with Gasteiger partial charge in [-0.15, -0.1) is 0 Å². The van der Waals surface area contributed by atoms with E-state index in [1.165, 1.54) is 6.92 Å². The molecule has 0 atom stereocenters. The zero-order chi connectivity index (χ0) is 8.81. The molecule has 0 aliphatic carbocycles. The van der Waals surface area contributed by atoms with Gasteiger partial charge in [0.2, 0.25) is 0 Å². The van der Waals surface area contributed by atoms with E-state index in [9.17, 15) is 4.79 Å². The first-order chi connectivity index (χ1) is 5.79. The maximum atomic E-state index is 10.3. The van der Waals surface area contributed by atoms with E-state index in [1.54, 1.807) is 12.1 Å². The summed E-state index contributed by atoms with van der Waals surface area (Å²) in [5.74, 6) is 0.240. The van der Waals surface area contributed by atoms with E-state index in [4.69, 9.17) is 4.65 Å². The van der Waals surface area contributed by atoms with Gasteiger partial charge in [-0.2, -0.15) is 0 Å². The summed E-state index contributed by atoms with van der Waals surface area (Å²) in [7, 11) is 1.01. The molecule has 0 spiro atoms. The zero-order valence-electron chi connectivity index (χ0n) is 6.69. The summed E-state index contributed by atoms with van der Waals surface area (Å²) in [4.78, 5) is 10.3. The highest BCUT2D eigenvalue weighted by Gasteiger charge is 2.00. The molecule has 0 fully saturated rings. The maximum absolute atomic E-state index is 10.3. The smallest absolute Gasteiger partial charge is 0.526 e. The van der Waals surface area contributed by atoms with Crippen LogP contribution >= 0.6 is 0 Å². The van der Waals surface area contributed by atoms with Crippen LogP contribution in [0.3, 0.4) is 0 Å². The van der Waals surface area contributed by atoms with Crippen molar-refractivity contribution >= 4 is 13.7 Å². The predicted octanol–water partition coefficient (Wildman–Crippen LogP) is 1.16. The molecule has 12 heavy (non-hydrogen) atoms. The van der Waals surface area contributed by atoms with Crippen LogP contribution in [0.1, 0.15) is 6.92 Å². The summed E-state index contributed by atoms with van der Waals surface area (Å²) in [5.41, 5.74) is 0. The van der Waals surface area contributed by atoms with E-state index in [1.807, 2.05) is 18.2 Å². The summed E-state index contributed by atoms with van der Waals surface area (Å²) in [6, 6.07) is 9.06. The standard InChI is InChI=1S/C8H8BO3/c1-7(10)11-9-12-8-5-3-2-4-6-8/h2-6H,1H3. The van der Waals surface area contributed by atoms with Crippen LogP contribution < -0.4 is 4.65 Å². The molecule has 0 amide bonds. The number of hydrogen-bond donors (Lipinski definition) is 0. The lowest BCUT2D eigenvalue weighted by Gasteiger charge is -2.01. The van der Waals surface area contributed by atoms with Gasteiger partial charge in [0.25, 0.3) is 5.97 Å². The molecule has 0 aliphatic rings. The minimum Gasteiger partial charge on any atom is -0.526 e. The molecule has 1 radical (unpaired) electrons. The van der Waals surface area contributed by atoms with Crippen molar-refractivity contribution in [2.45, 2.75) is 6.92 Å². The third-order valence-corrected chi connectivity index (χ3v) is 1.14. The highest BCUT2D eigenvalue weighted by molar-refractivity contribution is 6.23. The van der Waals surface area contributed by atoms with Crippen molar-refractivity contribution in [1.29, 1.82) is 0 Å². The third kappa shape index (κ3) is 3.10. The van der Waals surface area contributed by atoms with E-state index in [2.05, 4.69) is 4.65 Å². The summed E-state index contributed by atoms with van der Waals surface area (Å²) in [5, 5.41) is 0. The Bertz CT molecular complexity index is 248. The van der Waals surface area contributed by atoms with Gasteiger partial charge in [0.05, 0.1) is 0 Å². The molecule has 0 heterocycles. The van der Waals surface area contributed by atoms with Crippen LogP contribution in [0.5, 0.6) is 5.75 Å². The van der Waals surface area contributed by atoms with Gasteiger partial charge < -0.3 is 9.31 Å². The number of hydrogen-bond acceptors (Lipinski definition) is 3. The van der Waals surface area contributed by atoms with Crippen LogP contribution in [-0.4, -0.2) is 13.7 Å². The van der Waals surface area contributed by atoms with Crippen molar-refractivity contribution in [1.82, 2.24) is 0 Å². The average Bonchev–Trinajstić information content (AvgIpc) is 2.05. The van der Waals surface area contributed by atoms with Gasteiger partial charge in [-0.3, -0.25) is 4.79 Å². The van der Waals surface area contributed by atoms with Crippen LogP contribution in [-0.2, 0) is 9.45 Å². The van der Waals surface area contributed by atoms with Gasteiger partial charge >= 0.3 is 7.69 Å². The lowest BCUT2D eigenvalue weighted by molar-refractivity contribution is -0.132. The van der Waals surface area contributed by atoms with E-state index in [0.717, 1.165) is 7.69 Å². The largest absolute Gasteiger partial charge is 0.660 e. The Morgan fingerprint density at radius 3 is 2.58 bits per heavy atom. The Balaban J connectivity index is 2.29. The average molecular weight is 163 g/mol. The van der Waals surface area contributed by atoms with E-state index in [-0.39, 0.29) is 0 Å². The number of carbonyl (C=O) groups is 1. The third-order valence-electron chi connectivity index (χ3n) is 1.14. The molecule has 0 aromatic heterocycles. The fourth-order valence-corrected chi connectivity index (χ4v) is 0.646. The van der Waals surface area contributed by atoms with Gasteiger partial charge in [-0.05, 0) is 12.1 Å². The molecule has 4 heteroatoms. The van der Waals surface area contributed by atoms with Crippen LogP contribution in [0.4, 0.5) is 0 Å². The van der Waals surface area contributed by atoms with Crippen molar-refractivity contribution in [3.05, 3.63) is 30.3 Å². The maximum Gasteiger partial charge on any atom is 0.660 e. The molecular formula is C8H8BO3. The van der Waals surface area contributed by atoms with E-state index >= 15 is 0 Å². The molecule has 0 saturated carbocycles. The van der Waals surface area contributed by atoms with Crippen LogP contribution in [0.25, 0.3) is 0 Å². The second-order valence-electron chi connectivity index (χ2n) is 2.14. The first kappa shape index (κ1) is 8.65. The number of carbonyl (C=O) groups excluding carboxylic acids is 1. The molecule has 1 aromatic rings. The van der Waals surface area contributed by atoms with E-state index in [0.29, 0.717) is 5.75 Å². The Hall–Kier alpha value is -1.45. The first-order valence-corrected chi connectivity index (χ1v) is 3.49. The second-order valence-corrected chi connectivity index (χ2v) is 2.14. The Kier molecular flexibility index (Phi) is 3.20. The van der Waals surface area contributed by atoms with Gasteiger partial charge in [0, 0.05) is 6.92 Å². The van der Waals surface area contributed by atoms with Gasteiger partial charge in [0.15, 0.2) is 0 Å². The normalized spacial score (nSPS) is 8.75. The quantitative estimate of drug-likeness (QED) is 0.627. The first-order valence-electron chi connectivity index (χ1n) is 3.49. The van der Waals surface area contributed by atoms with Crippen molar-refractivity contribution in [2.24, 2.45) is 0 Å². The van der Waals surface area contributed by atoms with Crippen molar-refractivity contribution in [3.8, 4) is 5.75 Å². The summed E-state index contributed by atoms with van der Waals surface area (Å²) in [6.07, 6.45) is 0. The predicted molar refractivity (Wildman–Crippen MR) is 44.6 cm³/mol. The molecule has 0 bridgehead atoms. The lowest BCUT2D eigenvalue weighted by atomic mass is 10.3. The van der Waals surface area contributed by atoms with Gasteiger partial charge in [-0.1, -0.05) is 18.2 Å². The van der Waals surface area contributed by atoms with Crippen LogP contribution in [0.15, 0.2) is 30.3 Å². The number of para-hydroxylation sites is 1. The highest BCUT2D eigenvalue weighted by atomic mass is 16.6. The molecule has 0 unspecified atom stereocenters. The minimum atomic E-state index is -0.397. The molecule has 0 N–H and O–H groups in total. The van der Waals surface area contributed by atoms with Crippen LogP contribution in [0, 0.1) is 0 Å². The molecule has 1 aromatic carbocycles. The fraction of sp³-hybridized carbons (Fsp3) is 0.125. The van der Waals surface area contributed by atoms with Crippen molar-refractivity contribution in [2.75, 3.05) is 0 Å². The molecule has 0 saturated heterocycles. The Morgan fingerprint density at radius 2 is 2.00 bits per heavy atom. The molecular weight excluding hydrogens is 155 g/mol. The van der Waals surface area contributed by atoms with Crippen molar-refractivity contribution in [3.63, 3.8) is 0 Å². The highest BCUT2D eigenvalue weighted by Crippen LogP contribution is 2.06. The van der Waals surface area contributed by atoms with Gasteiger partial charge in [-0.25, -0.2) is 0 Å². The zero-order valence-corrected chi connectivity index (χ0v) is 6.69. The Morgan fingerprint density at radius 1 is 1.33 bits per heavy atom. The molecule has 1 rings (SSSR count). The SMILES string of the molecule is CC(=O)O[B]Oc1ccccc1. The molecule has 0 aliphatic heterocycles. The Labute approximate surface area is 71.6 Å².